The van der Waals surface area contributed by atoms with Crippen LogP contribution in [-0.2, 0) is 10.3 Å². The summed E-state index contributed by atoms with van der Waals surface area (Å²) >= 11 is 0. The van der Waals surface area contributed by atoms with E-state index in [0.29, 0.717) is 17.0 Å². The van der Waals surface area contributed by atoms with Crippen molar-refractivity contribution in [1.29, 1.82) is 0 Å². The molecule has 1 aliphatic rings. The number of hydrogen-bond donors (Lipinski definition) is 4. The van der Waals surface area contributed by atoms with E-state index in [2.05, 4.69) is 20.3 Å². The molecule has 1 aromatic carbocycles. The Morgan fingerprint density at radius 2 is 1.86 bits per heavy atom. The van der Waals surface area contributed by atoms with Crippen molar-refractivity contribution in [3.05, 3.63) is 48.5 Å². The van der Waals surface area contributed by atoms with Crippen LogP contribution in [-0.4, -0.2) is 59.8 Å². The molecule has 0 aliphatic carbocycles. The van der Waals surface area contributed by atoms with E-state index in [1.165, 1.54) is 12.7 Å². The molecule has 0 amide bonds. The number of aliphatic hydroxyl groups excluding tert-OH is 3. The van der Waals surface area contributed by atoms with E-state index >= 15 is 0 Å². The van der Waals surface area contributed by atoms with Crippen LogP contribution in [0.1, 0.15) is 25.6 Å². The third kappa shape index (κ3) is 3.12. The van der Waals surface area contributed by atoms with Crippen LogP contribution in [0.4, 0.5) is 5.82 Å². The Bertz CT molecular complexity index is 961. The van der Waals surface area contributed by atoms with Crippen LogP contribution in [0, 0.1) is 0 Å². The summed E-state index contributed by atoms with van der Waals surface area (Å²) in [7, 11) is 0. The third-order valence-electron chi connectivity index (χ3n) is 5.08. The van der Waals surface area contributed by atoms with Gasteiger partial charge < -0.3 is 25.4 Å². The first-order valence-corrected chi connectivity index (χ1v) is 9.06. The number of nitrogens with zero attached hydrogens (tertiary/aromatic N) is 4. The largest absolute Gasteiger partial charge is 0.394 e. The minimum absolute atomic E-state index is 0.394. The number of imidazole rings is 1. The molecule has 148 valence electrons. The van der Waals surface area contributed by atoms with E-state index in [1.807, 2.05) is 44.2 Å². The van der Waals surface area contributed by atoms with Crippen LogP contribution in [0.25, 0.3) is 11.2 Å². The molecule has 1 aliphatic heterocycles. The maximum absolute atomic E-state index is 10.3. The summed E-state index contributed by atoms with van der Waals surface area (Å²) in [5.74, 6) is 0.546. The van der Waals surface area contributed by atoms with Gasteiger partial charge in [0.2, 0.25) is 0 Å². The molecule has 4 N–H and O–H groups in total. The van der Waals surface area contributed by atoms with Gasteiger partial charge in [0.05, 0.1) is 18.5 Å². The first kappa shape index (κ1) is 18.8. The molecule has 3 aromatic rings. The molecular weight excluding hydrogens is 362 g/mol. The fourth-order valence-electron chi connectivity index (χ4n) is 3.46. The normalized spacial score (nSPS) is 25.3. The molecule has 0 saturated carbocycles. The maximum Gasteiger partial charge on any atom is 0.167 e. The molecular formula is C19H23N5O4. The van der Waals surface area contributed by atoms with E-state index in [1.54, 1.807) is 4.57 Å². The van der Waals surface area contributed by atoms with Gasteiger partial charge in [-0.1, -0.05) is 30.3 Å². The van der Waals surface area contributed by atoms with E-state index in [4.69, 9.17) is 4.74 Å². The second-order valence-corrected chi connectivity index (χ2v) is 7.39. The lowest BCUT2D eigenvalue weighted by molar-refractivity contribution is -0.0511. The Labute approximate surface area is 161 Å². The van der Waals surface area contributed by atoms with Gasteiger partial charge in [0.15, 0.2) is 23.2 Å². The van der Waals surface area contributed by atoms with Crippen molar-refractivity contribution in [2.24, 2.45) is 0 Å². The van der Waals surface area contributed by atoms with Gasteiger partial charge in [-0.25, -0.2) is 15.0 Å². The number of rotatable bonds is 5. The van der Waals surface area contributed by atoms with Crippen LogP contribution in [0.15, 0.2) is 43.0 Å². The summed E-state index contributed by atoms with van der Waals surface area (Å²) in [6, 6.07) is 9.98. The minimum Gasteiger partial charge on any atom is -0.394 e. The van der Waals surface area contributed by atoms with Crippen LogP contribution in [0.2, 0.25) is 0 Å². The van der Waals surface area contributed by atoms with Crippen molar-refractivity contribution in [3.63, 3.8) is 0 Å². The lowest BCUT2D eigenvalue weighted by atomic mass is 9.94. The van der Waals surface area contributed by atoms with Crippen LogP contribution < -0.4 is 5.32 Å². The summed E-state index contributed by atoms with van der Waals surface area (Å²) in [5.41, 5.74) is 1.65. The number of anilines is 1. The highest BCUT2D eigenvalue weighted by Gasteiger charge is 2.44. The summed E-state index contributed by atoms with van der Waals surface area (Å²) in [5, 5.41) is 33.0. The third-order valence-corrected chi connectivity index (χ3v) is 5.08. The smallest absolute Gasteiger partial charge is 0.167 e. The van der Waals surface area contributed by atoms with Gasteiger partial charge in [-0.05, 0) is 19.4 Å². The lowest BCUT2D eigenvalue weighted by Crippen LogP contribution is -2.33. The van der Waals surface area contributed by atoms with Crippen molar-refractivity contribution in [3.8, 4) is 0 Å². The van der Waals surface area contributed by atoms with Gasteiger partial charge in [0, 0.05) is 0 Å². The second-order valence-electron chi connectivity index (χ2n) is 7.39. The van der Waals surface area contributed by atoms with Crippen LogP contribution in [0.5, 0.6) is 0 Å². The number of aromatic nitrogens is 4. The quantitative estimate of drug-likeness (QED) is 0.508. The molecule has 0 bridgehead atoms. The topological polar surface area (TPSA) is 126 Å². The van der Waals surface area contributed by atoms with E-state index in [9.17, 15) is 15.3 Å². The highest BCUT2D eigenvalue weighted by molar-refractivity contribution is 5.83. The first-order valence-electron chi connectivity index (χ1n) is 9.06. The zero-order valence-electron chi connectivity index (χ0n) is 15.6. The molecule has 0 spiro atoms. The highest BCUT2D eigenvalue weighted by atomic mass is 16.6. The molecule has 4 rings (SSSR count). The predicted molar refractivity (Wildman–Crippen MR) is 101 cm³/mol. The molecule has 0 unspecified atom stereocenters. The molecule has 9 nitrogen and oxygen atoms in total. The number of fused-ring (bicyclic) bond motifs is 1. The summed E-state index contributed by atoms with van der Waals surface area (Å²) < 4.78 is 7.13. The SMILES string of the molecule is CC(C)(Nc1ncnc2c1ncn2[C@@H]1O[C@@H](CO)[C@@H](O)[C@H]1O)c1ccccc1. The van der Waals surface area contributed by atoms with Crippen LogP contribution >= 0.6 is 0 Å². The molecule has 4 atom stereocenters. The molecule has 9 heteroatoms. The summed E-state index contributed by atoms with van der Waals surface area (Å²) in [4.78, 5) is 13.0. The van der Waals surface area contributed by atoms with E-state index < -0.39 is 36.7 Å². The minimum atomic E-state index is -1.21. The van der Waals surface area contributed by atoms with Crippen molar-refractivity contribution < 1.29 is 20.1 Å². The Hall–Kier alpha value is -2.59. The standard InChI is InChI=1S/C19H23N5O4/c1-19(2,11-6-4-3-5-7-11)23-16-13-17(21-9-20-16)24(10-22-13)18-15(27)14(26)12(8-25)28-18/h3-7,9-10,12,14-15,18,25-27H,8H2,1-2H3,(H,20,21,23)/t12-,14+,15+,18+/m0/s1. The molecule has 0 radical (unpaired) electrons. The number of nitrogens with one attached hydrogen (secondary N) is 1. The monoisotopic (exact) mass is 385 g/mol. The van der Waals surface area contributed by atoms with Crippen molar-refractivity contribution in [2.75, 3.05) is 11.9 Å². The number of ether oxygens (including phenoxy) is 1. The van der Waals surface area contributed by atoms with Gasteiger partial charge in [-0.2, -0.15) is 0 Å². The fourth-order valence-corrected chi connectivity index (χ4v) is 3.46. The highest BCUT2D eigenvalue weighted by Crippen LogP contribution is 2.33. The molecule has 28 heavy (non-hydrogen) atoms. The van der Waals surface area contributed by atoms with Crippen molar-refractivity contribution in [1.82, 2.24) is 19.5 Å². The van der Waals surface area contributed by atoms with Gasteiger partial charge >= 0.3 is 0 Å². The van der Waals surface area contributed by atoms with Gasteiger partial charge in [0.25, 0.3) is 0 Å². The van der Waals surface area contributed by atoms with Gasteiger partial charge in [-0.3, -0.25) is 4.57 Å². The lowest BCUT2D eigenvalue weighted by Gasteiger charge is -2.27. The summed E-state index contributed by atoms with van der Waals surface area (Å²) in [6.07, 6.45) is -1.27. The van der Waals surface area contributed by atoms with E-state index in [-0.39, 0.29) is 0 Å². The van der Waals surface area contributed by atoms with Gasteiger partial charge in [0.1, 0.15) is 24.6 Å². The Morgan fingerprint density at radius 3 is 2.54 bits per heavy atom. The second kappa shape index (κ2) is 7.10. The zero-order valence-corrected chi connectivity index (χ0v) is 15.6. The van der Waals surface area contributed by atoms with E-state index in [0.717, 1.165) is 5.56 Å². The summed E-state index contributed by atoms with van der Waals surface area (Å²) in [6.45, 7) is 3.69. The first-order chi connectivity index (χ1) is 13.4. The Balaban J connectivity index is 1.68. The number of hydrogen-bond acceptors (Lipinski definition) is 8. The molecule has 2 aromatic heterocycles. The van der Waals surface area contributed by atoms with Crippen molar-refractivity contribution >= 4 is 17.0 Å². The average Bonchev–Trinajstić information content (AvgIpc) is 3.24. The maximum atomic E-state index is 10.3. The zero-order chi connectivity index (χ0) is 19.9. The number of benzene rings is 1. The molecule has 3 heterocycles. The average molecular weight is 385 g/mol. The number of aliphatic hydroxyl groups is 3. The molecule has 1 fully saturated rings. The fraction of sp³-hybridized carbons (Fsp3) is 0.421. The van der Waals surface area contributed by atoms with Crippen LogP contribution in [0.3, 0.4) is 0 Å². The van der Waals surface area contributed by atoms with Crippen molar-refractivity contribution in [2.45, 2.75) is 43.9 Å². The predicted octanol–water partition coefficient (Wildman–Crippen LogP) is 0.785. The van der Waals surface area contributed by atoms with Gasteiger partial charge in [-0.15, -0.1) is 0 Å². The Kier molecular flexibility index (Phi) is 4.76. The molecule has 1 saturated heterocycles. The Morgan fingerprint density at radius 1 is 1.11 bits per heavy atom.